The van der Waals surface area contributed by atoms with Crippen molar-refractivity contribution in [3.05, 3.63) is 24.3 Å². The van der Waals surface area contributed by atoms with Crippen molar-refractivity contribution in [2.45, 2.75) is 31.9 Å². The Hall–Kier alpha value is -2.28. The van der Waals surface area contributed by atoms with E-state index in [0.717, 1.165) is 25.1 Å². The van der Waals surface area contributed by atoms with Gasteiger partial charge in [0.2, 0.25) is 5.91 Å². The first-order valence-electron chi connectivity index (χ1n) is 7.26. The molecule has 0 saturated carbocycles. The molecule has 1 aliphatic heterocycles. The van der Waals surface area contributed by atoms with Gasteiger partial charge in [0.25, 0.3) is 0 Å². The van der Waals surface area contributed by atoms with Crippen molar-refractivity contribution in [3.8, 4) is 5.75 Å². The van der Waals surface area contributed by atoms with Crippen molar-refractivity contribution < 1.29 is 19.1 Å². The van der Waals surface area contributed by atoms with Crippen LogP contribution in [0, 0.1) is 0 Å². The topological polar surface area (TPSA) is 103 Å². The third kappa shape index (κ3) is 4.92. The predicted molar refractivity (Wildman–Crippen MR) is 81.7 cm³/mol. The number of imide groups is 1. The number of rotatable bonds is 6. The van der Waals surface area contributed by atoms with Gasteiger partial charge in [-0.15, -0.1) is 0 Å². The Morgan fingerprint density at radius 1 is 1.50 bits per heavy atom. The third-order valence-electron chi connectivity index (χ3n) is 3.32. The second kappa shape index (κ2) is 7.65. The molecule has 7 heteroatoms. The van der Waals surface area contributed by atoms with E-state index in [1.54, 1.807) is 13.0 Å². The molecule has 0 radical (unpaired) electrons. The summed E-state index contributed by atoms with van der Waals surface area (Å²) in [6.07, 6.45) is 2.24. The van der Waals surface area contributed by atoms with E-state index < -0.39 is 18.0 Å². The normalized spacial score (nSPS) is 18.5. The molecule has 0 spiro atoms. The molecule has 120 valence electrons. The SMILES string of the molecule is C[C@H](Nc1cccc(OC[C@H]2CCCO2)c1)C(=O)NC(N)=O. The summed E-state index contributed by atoms with van der Waals surface area (Å²) in [6, 6.07) is 5.81. The van der Waals surface area contributed by atoms with Crippen molar-refractivity contribution >= 4 is 17.6 Å². The lowest BCUT2D eigenvalue weighted by Gasteiger charge is -2.16. The molecule has 0 aromatic heterocycles. The molecule has 4 N–H and O–H groups in total. The average Bonchev–Trinajstić information content (AvgIpc) is 2.98. The maximum absolute atomic E-state index is 11.6. The molecule has 1 aromatic carbocycles. The molecule has 2 atom stereocenters. The molecule has 1 saturated heterocycles. The molecule has 3 amide bonds. The van der Waals surface area contributed by atoms with E-state index in [4.69, 9.17) is 15.2 Å². The van der Waals surface area contributed by atoms with Gasteiger partial charge in [0.05, 0.1) is 6.10 Å². The Morgan fingerprint density at radius 2 is 2.32 bits per heavy atom. The van der Waals surface area contributed by atoms with Gasteiger partial charge in [-0.2, -0.15) is 0 Å². The standard InChI is InChI=1S/C15H21N3O4/c1-10(14(19)18-15(16)20)17-11-4-2-5-12(8-11)22-9-13-6-3-7-21-13/h2,4-5,8,10,13,17H,3,6-7,9H2,1H3,(H3,16,18,19,20)/t10-,13+/m0/s1. The Balaban J connectivity index is 1.87. The number of primary amides is 1. The zero-order chi connectivity index (χ0) is 15.9. The highest BCUT2D eigenvalue weighted by Gasteiger charge is 2.17. The summed E-state index contributed by atoms with van der Waals surface area (Å²) < 4.78 is 11.2. The Morgan fingerprint density at radius 3 is 3.00 bits per heavy atom. The maximum Gasteiger partial charge on any atom is 0.318 e. The predicted octanol–water partition coefficient (Wildman–Crippen LogP) is 1.24. The van der Waals surface area contributed by atoms with Gasteiger partial charge < -0.3 is 20.5 Å². The second-order valence-electron chi connectivity index (χ2n) is 5.19. The fraction of sp³-hybridized carbons (Fsp3) is 0.467. The molecule has 0 bridgehead atoms. The van der Waals surface area contributed by atoms with Gasteiger partial charge in [-0.25, -0.2) is 4.79 Å². The molecule has 22 heavy (non-hydrogen) atoms. The average molecular weight is 307 g/mol. The highest BCUT2D eigenvalue weighted by Crippen LogP contribution is 2.20. The summed E-state index contributed by atoms with van der Waals surface area (Å²) in [7, 11) is 0. The first-order chi connectivity index (χ1) is 10.5. The number of carbonyl (C=O) groups is 2. The van der Waals surface area contributed by atoms with Crippen LogP contribution in [0.25, 0.3) is 0 Å². The number of hydrogen-bond donors (Lipinski definition) is 3. The Labute approximate surface area is 129 Å². The van der Waals surface area contributed by atoms with Crippen LogP contribution in [0.15, 0.2) is 24.3 Å². The van der Waals surface area contributed by atoms with Crippen LogP contribution in [0.4, 0.5) is 10.5 Å². The van der Waals surface area contributed by atoms with Gasteiger partial charge >= 0.3 is 6.03 Å². The summed E-state index contributed by atoms with van der Waals surface area (Å²) in [5.74, 6) is 0.209. The van der Waals surface area contributed by atoms with Crippen LogP contribution in [0.2, 0.25) is 0 Å². The van der Waals surface area contributed by atoms with Gasteiger partial charge in [-0.1, -0.05) is 6.07 Å². The lowest BCUT2D eigenvalue weighted by molar-refractivity contribution is -0.120. The number of ether oxygens (including phenoxy) is 2. The molecular formula is C15H21N3O4. The van der Waals surface area contributed by atoms with Gasteiger partial charge in [0, 0.05) is 18.4 Å². The molecule has 0 unspecified atom stereocenters. The number of benzene rings is 1. The molecule has 2 rings (SSSR count). The Bertz CT molecular complexity index is 529. The van der Waals surface area contributed by atoms with Gasteiger partial charge in [-0.05, 0) is 31.9 Å². The van der Waals surface area contributed by atoms with Crippen LogP contribution in [0.3, 0.4) is 0 Å². The number of carbonyl (C=O) groups excluding carboxylic acids is 2. The van der Waals surface area contributed by atoms with E-state index in [0.29, 0.717) is 12.4 Å². The smallest absolute Gasteiger partial charge is 0.318 e. The molecular weight excluding hydrogens is 286 g/mol. The monoisotopic (exact) mass is 307 g/mol. The fourth-order valence-electron chi connectivity index (χ4n) is 2.19. The number of nitrogens with two attached hydrogens (primary N) is 1. The summed E-state index contributed by atoms with van der Waals surface area (Å²) in [6.45, 7) is 2.95. The van der Waals surface area contributed by atoms with E-state index in [-0.39, 0.29) is 6.10 Å². The quantitative estimate of drug-likeness (QED) is 0.734. The second-order valence-corrected chi connectivity index (χ2v) is 5.19. The van der Waals surface area contributed by atoms with Gasteiger partial charge in [-0.3, -0.25) is 10.1 Å². The lowest BCUT2D eigenvalue weighted by atomic mass is 10.2. The molecule has 1 fully saturated rings. The zero-order valence-corrected chi connectivity index (χ0v) is 12.5. The maximum atomic E-state index is 11.6. The molecule has 1 heterocycles. The molecule has 0 aliphatic carbocycles. The van der Waals surface area contributed by atoms with E-state index in [9.17, 15) is 9.59 Å². The Kier molecular flexibility index (Phi) is 5.60. The van der Waals surface area contributed by atoms with E-state index in [1.807, 2.05) is 23.5 Å². The van der Waals surface area contributed by atoms with Gasteiger partial charge in [0.15, 0.2) is 0 Å². The van der Waals surface area contributed by atoms with Crippen LogP contribution in [0.5, 0.6) is 5.75 Å². The van der Waals surface area contributed by atoms with Crippen molar-refractivity contribution in [3.63, 3.8) is 0 Å². The minimum absolute atomic E-state index is 0.150. The van der Waals surface area contributed by atoms with Crippen LogP contribution in [-0.2, 0) is 9.53 Å². The summed E-state index contributed by atoms with van der Waals surface area (Å²) in [4.78, 5) is 22.3. The molecule has 7 nitrogen and oxygen atoms in total. The third-order valence-corrected chi connectivity index (χ3v) is 3.32. The minimum Gasteiger partial charge on any atom is -0.491 e. The van der Waals surface area contributed by atoms with Crippen molar-refractivity contribution in [1.82, 2.24) is 5.32 Å². The van der Waals surface area contributed by atoms with Crippen LogP contribution >= 0.6 is 0 Å². The van der Waals surface area contributed by atoms with Crippen LogP contribution in [-0.4, -0.2) is 37.3 Å². The number of urea groups is 1. The number of anilines is 1. The van der Waals surface area contributed by atoms with Crippen molar-refractivity contribution in [1.29, 1.82) is 0 Å². The minimum atomic E-state index is -0.868. The van der Waals surface area contributed by atoms with Crippen LogP contribution < -0.4 is 21.1 Å². The van der Waals surface area contributed by atoms with E-state index in [1.165, 1.54) is 0 Å². The first-order valence-corrected chi connectivity index (χ1v) is 7.26. The summed E-state index contributed by atoms with van der Waals surface area (Å²) >= 11 is 0. The molecule has 1 aliphatic rings. The fourth-order valence-corrected chi connectivity index (χ4v) is 2.19. The van der Waals surface area contributed by atoms with Crippen molar-refractivity contribution in [2.24, 2.45) is 5.73 Å². The van der Waals surface area contributed by atoms with Gasteiger partial charge in [0.1, 0.15) is 18.4 Å². The molecule has 1 aromatic rings. The number of hydrogen-bond acceptors (Lipinski definition) is 5. The summed E-state index contributed by atoms with van der Waals surface area (Å²) in [5.41, 5.74) is 5.64. The summed E-state index contributed by atoms with van der Waals surface area (Å²) in [5, 5.41) is 5.01. The largest absolute Gasteiger partial charge is 0.491 e. The van der Waals surface area contributed by atoms with E-state index in [2.05, 4.69) is 5.32 Å². The van der Waals surface area contributed by atoms with Crippen molar-refractivity contribution in [2.75, 3.05) is 18.5 Å². The van der Waals surface area contributed by atoms with Crippen LogP contribution in [0.1, 0.15) is 19.8 Å². The number of nitrogens with one attached hydrogen (secondary N) is 2. The lowest BCUT2D eigenvalue weighted by Crippen LogP contribution is -2.43. The zero-order valence-electron chi connectivity index (χ0n) is 12.5. The highest BCUT2D eigenvalue weighted by molar-refractivity contribution is 5.97. The first kappa shape index (κ1) is 16.1. The number of amides is 3. The highest BCUT2D eigenvalue weighted by atomic mass is 16.5. The van der Waals surface area contributed by atoms with E-state index >= 15 is 0 Å².